The summed E-state index contributed by atoms with van der Waals surface area (Å²) in [5, 5.41) is 1.11. The Balaban J connectivity index is 1.54. The molecule has 7 nitrogen and oxygen atoms in total. The summed E-state index contributed by atoms with van der Waals surface area (Å²) in [7, 11) is -3.57. The molecule has 26 heavy (non-hydrogen) atoms. The van der Waals surface area contributed by atoms with Crippen molar-refractivity contribution in [3.63, 3.8) is 0 Å². The zero-order valence-electron chi connectivity index (χ0n) is 14.6. The molecule has 9 heteroatoms. The lowest BCUT2D eigenvalue weighted by Gasteiger charge is -2.30. The number of aryl methyl sites for hydroxylation is 2. The van der Waals surface area contributed by atoms with Gasteiger partial charge in [0.25, 0.3) is 0 Å². The van der Waals surface area contributed by atoms with Crippen LogP contribution >= 0.6 is 11.3 Å². The number of nitrogens with zero attached hydrogens (tertiary/aromatic N) is 2. The van der Waals surface area contributed by atoms with Gasteiger partial charge in [-0.25, -0.2) is 18.2 Å². The van der Waals surface area contributed by atoms with E-state index in [0.29, 0.717) is 30.0 Å². The van der Waals surface area contributed by atoms with E-state index in [-0.39, 0.29) is 10.6 Å². The molecule has 4 rings (SSSR count). The second kappa shape index (κ2) is 6.33. The van der Waals surface area contributed by atoms with Crippen molar-refractivity contribution in [3.05, 3.63) is 44.3 Å². The lowest BCUT2D eigenvalue weighted by Crippen LogP contribution is -2.37. The minimum atomic E-state index is -3.57. The van der Waals surface area contributed by atoms with E-state index in [9.17, 15) is 13.2 Å². The Hall–Kier alpha value is -1.97. The van der Waals surface area contributed by atoms with Gasteiger partial charge in [0, 0.05) is 23.9 Å². The molecule has 1 aliphatic rings. The van der Waals surface area contributed by atoms with Crippen LogP contribution < -0.4 is 5.69 Å². The van der Waals surface area contributed by atoms with Crippen molar-refractivity contribution < 1.29 is 8.42 Å². The van der Waals surface area contributed by atoms with Gasteiger partial charge >= 0.3 is 5.69 Å². The molecule has 0 unspecified atom stereocenters. The average Bonchev–Trinajstić information content (AvgIpc) is 3.15. The van der Waals surface area contributed by atoms with E-state index >= 15 is 0 Å². The van der Waals surface area contributed by atoms with E-state index in [1.807, 2.05) is 6.92 Å². The fourth-order valence-corrected chi connectivity index (χ4v) is 5.92. The molecule has 1 aliphatic heterocycles. The third kappa shape index (κ3) is 3.00. The molecule has 0 saturated carbocycles. The highest BCUT2D eigenvalue weighted by Gasteiger charge is 2.31. The molecule has 0 amide bonds. The molecule has 138 valence electrons. The number of hydrogen-bond donors (Lipinski definition) is 2. The van der Waals surface area contributed by atoms with Gasteiger partial charge in [-0.3, -0.25) is 0 Å². The molecule has 1 aromatic carbocycles. The van der Waals surface area contributed by atoms with Crippen LogP contribution in [0.15, 0.2) is 27.9 Å². The number of nitrogens with one attached hydrogen (secondary N) is 2. The average molecular weight is 393 g/mol. The number of aromatic amines is 2. The van der Waals surface area contributed by atoms with Gasteiger partial charge in [0.05, 0.1) is 26.6 Å². The topological polar surface area (TPSA) is 98.9 Å². The first-order valence-electron chi connectivity index (χ1n) is 8.51. The van der Waals surface area contributed by atoms with Crippen molar-refractivity contribution in [3.8, 4) is 0 Å². The van der Waals surface area contributed by atoms with Crippen molar-refractivity contribution in [2.75, 3.05) is 13.1 Å². The summed E-state index contributed by atoms with van der Waals surface area (Å²) in [6, 6.07) is 4.68. The van der Waals surface area contributed by atoms with Gasteiger partial charge in [0.15, 0.2) is 0 Å². The number of piperidine rings is 1. The van der Waals surface area contributed by atoms with Crippen molar-refractivity contribution in [1.82, 2.24) is 19.3 Å². The van der Waals surface area contributed by atoms with E-state index in [2.05, 4.69) is 21.9 Å². The zero-order chi connectivity index (χ0) is 18.5. The van der Waals surface area contributed by atoms with Crippen LogP contribution in [-0.4, -0.2) is 40.8 Å². The highest BCUT2D eigenvalue weighted by atomic mass is 32.2. The quantitative estimate of drug-likeness (QED) is 0.715. The van der Waals surface area contributed by atoms with Gasteiger partial charge in [-0.2, -0.15) is 4.31 Å². The fraction of sp³-hybridized carbons (Fsp3) is 0.412. The number of benzene rings is 1. The first kappa shape index (κ1) is 17.4. The summed E-state index contributed by atoms with van der Waals surface area (Å²) in [6.45, 7) is 5.03. The molecule has 0 spiro atoms. The van der Waals surface area contributed by atoms with Crippen LogP contribution in [0.25, 0.3) is 11.0 Å². The van der Waals surface area contributed by atoms with Gasteiger partial charge in [0.2, 0.25) is 10.0 Å². The van der Waals surface area contributed by atoms with Crippen molar-refractivity contribution in [2.45, 2.75) is 37.5 Å². The van der Waals surface area contributed by atoms with E-state index in [1.165, 1.54) is 15.2 Å². The summed E-state index contributed by atoms with van der Waals surface area (Å²) in [5.41, 5.74) is 1.82. The number of fused-ring (bicyclic) bond motifs is 1. The number of H-pyrrole nitrogens is 2. The Labute approximate surface area is 155 Å². The maximum atomic E-state index is 12.9. The minimum absolute atomic E-state index is 0.208. The Morgan fingerprint density at radius 3 is 2.50 bits per heavy atom. The Kier molecular flexibility index (Phi) is 4.25. The largest absolute Gasteiger partial charge is 0.323 e. The predicted octanol–water partition coefficient (Wildman–Crippen LogP) is 2.50. The van der Waals surface area contributed by atoms with Gasteiger partial charge in [0.1, 0.15) is 0 Å². The highest BCUT2D eigenvalue weighted by Crippen LogP contribution is 2.34. The van der Waals surface area contributed by atoms with E-state index in [0.717, 1.165) is 23.5 Å². The maximum Gasteiger partial charge on any atom is 0.323 e. The van der Waals surface area contributed by atoms with E-state index in [1.54, 1.807) is 23.5 Å². The Morgan fingerprint density at radius 2 is 1.85 bits per heavy atom. The van der Waals surface area contributed by atoms with E-state index < -0.39 is 10.0 Å². The van der Waals surface area contributed by atoms with Crippen molar-refractivity contribution in [2.24, 2.45) is 0 Å². The van der Waals surface area contributed by atoms with Crippen LogP contribution in [0.4, 0.5) is 0 Å². The van der Waals surface area contributed by atoms with Crippen LogP contribution in [0.2, 0.25) is 0 Å². The molecule has 3 aromatic rings. The van der Waals surface area contributed by atoms with Crippen molar-refractivity contribution in [1.29, 1.82) is 0 Å². The van der Waals surface area contributed by atoms with Gasteiger partial charge in [-0.05, 0) is 44.9 Å². The first-order valence-corrected chi connectivity index (χ1v) is 10.8. The second-order valence-electron chi connectivity index (χ2n) is 6.66. The number of hydrogen-bond acceptors (Lipinski definition) is 5. The molecule has 0 radical (unpaired) electrons. The van der Waals surface area contributed by atoms with Gasteiger partial charge < -0.3 is 9.97 Å². The summed E-state index contributed by atoms with van der Waals surface area (Å²) < 4.78 is 27.4. The molecule has 0 bridgehead atoms. The third-order valence-corrected chi connectivity index (χ3v) is 8.10. The van der Waals surface area contributed by atoms with Crippen LogP contribution in [0.1, 0.15) is 34.3 Å². The minimum Gasteiger partial charge on any atom is -0.306 e. The second-order valence-corrected chi connectivity index (χ2v) is 9.83. The molecule has 1 saturated heterocycles. The smallest absolute Gasteiger partial charge is 0.306 e. The molecule has 1 fully saturated rings. The van der Waals surface area contributed by atoms with Crippen LogP contribution in [-0.2, 0) is 10.0 Å². The molecule has 2 aromatic heterocycles. The summed E-state index contributed by atoms with van der Waals surface area (Å²) in [5.74, 6) is 0.322. The van der Waals surface area contributed by atoms with Gasteiger partial charge in [-0.15, -0.1) is 11.3 Å². The normalized spacial score (nSPS) is 17.2. The molecule has 0 atom stereocenters. The lowest BCUT2D eigenvalue weighted by atomic mass is 9.99. The van der Waals surface area contributed by atoms with E-state index in [4.69, 9.17) is 0 Å². The molecule has 0 aliphatic carbocycles. The number of thiazole rings is 1. The standard InChI is InChI=1S/C17H20N4O3S2/c1-10-11(2)25-16(18-10)12-5-7-21(8-6-12)26(23,24)13-3-4-14-15(9-13)20-17(22)19-14/h3-4,9,12H,5-8H2,1-2H3,(H2,19,20,22). The third-order valence-electron chi connectivity index (χ3n) is 4.97. The number of sulfonamides is 1. The summed E-state index contributed by atoms with van der Waals surface area (Å²) in [6.07, 6.45) is 1.55. The predicted molar refractivity (Wildman–Crippen MR) is 101 cm³/mol. The summed E-state index contributed by atoms with van der Waals surface area (Å²) >= 11 is 1.71. The monoisotopic (exact) mass is 392 g/mol. The van der Waals surface area contributed by atoms with Crippen LogP contribution in [0.3, 0.4) is 0 Å². The molecule has 3 heterocycles. The van der Waals surface area contributed by atoms with Crippen LogP contribution in [0.5, 0.6) is 0 Å². The fourth-order valence-electron chi connectivity index (χ4n) is 3.34. The first-order chi connectivity index (χ1) is 12.3. The lowest BCUT2D eigenvalue weighted by molar-refractivity contribution is 0.319. The Bertz CT molecular complexity index is 1100. The number of aromatic nitrogens is 3. The molecule has 2 N–H and O–H groups in total. The highest BCUT2D eigenvalue weighted by molar-refractivity contribution is 7.89. The van der Waals surface area contributed by atoms with Crippen molar-refractivity contribution >= 4 is 32.4 Å². The zero-order valence-corrected chi connectivity index (χ0v) is 16.2. The molecular formula is C17H20N4O3S2. The number of rotatable bonds is 3. The summed E-state index contributed by atoms with van der Waals surface area (Å²) in [4.78, 5) is 22.7. The maximum absolute atomic E-state index is 12.9. The SMILES string of the molecule is Cc1nc(C2CCN(S(=O)(=O)c3ccc4[nH]c(=O)[nH]c4c3)CC2)sc1C. The molecular weight excluding hydrogens is 372 g/mol. The number of imidazole rings is 1. The Morgan fingerprint density at radius 1 is 1.15 bits per heavy atom. The van der Waals surface area contributed by atoms with Crippen LogP contribution in [0, 0.1) is 13.8 Å². The van der Waals surface area contributed by atoms with Gasteiger partial charge in [-0.1, -0.05) is 0 Å².